The first-order valence-electron chi connectivity index (χ1n) is 7.46. The number of nitrogens with zero attached hydrogens (tertiary/aromatic N) is 4. The summed E-state index contributed by atoms with van der Waals surface area (Å²) in [5.74, 6) is 1.53. The van der Waals surface area contributed by atoms with Gasteiger partial charge in [0.1, 0.15) is 5.82 Å². The maximum Gasteiger partial charge on any atom is 0.184 e. The van der Waals surface area contributed by atoms with Crippen LogP contribution >= 0.6 is 0 Å². The van der Waals surface area contributed by atoms with Crippen molar-refractivity contribution in [3.8, 4) is 11.4 Å². The molecule has 1 aromatic carbocycles. The van der Waals surface area contributed by atoms with Crippen molar-refractivity contribution in [2.24, 2.45) is 11.8 Å². The SMILES string of the molecule is CC1CCCCC1Cn1nnnc1-c1ccc(F)cc1N. The molecule has 0 amide bonds. The summed E-state index contributed by atoms with van der Waals surface area (Å²) < 4.78 is 15.0. The van der Waals surface area contributed by atoms with Gasteiger partial charge in [0, 0.05) is 17.8 Å². The molecule has 2 aromatic rings. The molecule has 0 aliphatic heterocycles. The summed E-state index contributed by atoms with van der Waals surface area (Å²) in [5.41, 5.74) is 6.94. The van der Waals surface area contributed by atoms with Gasteiger partial charge in [-0.25, -0.2) is 9.07 Å². The fourth-order valence-corrected chi connectivity index (χ4v) is 3.14. The Hall–Kier alpha value is -1.98. The van der Waals surface area contributed by atoms with E-state index in [2.05, 4.69) is 22.4 Å². The first-order valence-corrected chi connectivity index (χ1v) is 7.46. The minimum absolute atomic E-state index is 0.351. The number of nitrogens with two attached hydrogens (primary N) is 1. The highest BCUT2D eigenvalue weighted by Crippen LogP contribution is 2.32. The minimum atomic E-state index is -0.351. The van der Waals surface area contributed by atoms with Crippen molar-refractivity contribution in [1.82, 2.24) is 20.2 Å². The van der Waals surface area contributed by atoms with E-state index in [9.17, 15) is 4.39 Å². The van der Waals surface area contributed by atoms with E-state index in [0.29, 0.717) is 28.9 Å². The third kappa shape index (κ3) is 2.89. The van der Waals surface area contributed by atoms with Gasteiger partial charge in [-0.3, -0.25) is 0 Å². The average Bonchev–Trinajstić information content (AvgIpc) is 2.89. The first kappa shape index (κ1) is 14.0. The number of hydrogen-bond acceptors (Lipinski definition) is 4. The van der Waals surface area contributed by atoms with Crippen LogP contribution in [0.4, 0.5) is 10.1 Å². The predicted molar refractivity (Wildman–Crippen MR) is 78.7 cm³/mol. The number of benzene rings is 1. The third-order valence-electron chi connectivity index (χ3n) is 4.48. The van der Waals surface area contributed by atoms with Crippen LogP contribution in [-0.2, 0) is 6.54 Å². The minimum Gasteiger partial charge on any atom is -0.398 e. The molecular weight excluding hydrogens is 269 g/mol. The molecule has 0 bridgehead atoms. The van der Waals surface area contributed by atoms with E-state index in [1.165, 1.54) is 37.8 Å². The van der Waals surface area contributed by atoms with Gasteiger partial charge in [0.05, 0.1) is 0 Å². The summed E-state index contributed by atoms with van der Waals surface area (Å²) in [6.07, 6.45) is 5.05. The molecule has 0 spiro atoms. The van der Waals surface area contributed by atoms with Gasteiger partial charge in [-0.15, -0.1) is 5.10 Å². The molecule has 3 rings (SSSR count). The quantitative estimate of drug-likeness (QED) is 0.882. The van der Waals surface area contributed by atoms with Crippen LogP contribution in [0.1, 0.15) is 32.6 Å². The Labute approximate surface area is 123 Å². The Morgan fingerprint density at radius 3 is 2.90 bits per heavy atom. The van der Waals surface area contributed by atoms with Gasteiger partial charge in [-0.2, -0.15) is 0 Å². The Bertz CT molecular complexity index is 624. The molecule has 2 atom stereocenters. The lowest BCUT2D eigenvalue weighted by atomic mass is 9.80. The van der Waals surface area contributed by atoms with Crippen molar-refractivity contribution >= 4 is 5.69 Å². The van der Waals surface area contributed by atoms with E-state index in [1.54, 1.807) is 10.7 Å². The number of aromatic nitrogens is 4. The number of hydrogen-bond donors (Lipinski definition) is 1. The number of rotatable bonds is 3. The van der Waals surface area contributed by atoms with Crippen LogP contribution in [0, 0.1) is 17.7 Å². The summed E-state index contributed by atoms with van der Waals surface area (Å²) in [7, 11) is 0. The highest BCUT2D eigenvalue weighted by Gasteiger charge is 2.24. The maximum absolute atomic E-state index is 13.2. The summed E-state index contributed by atoms with van der Waals surface area (Å²) in [6.45, 7) is 3.08. The largest absolute Gasteiger partial charge is 0.398 e. The fraction of sp³-hybridized carbons (Fsp3) is 0.533. The van der Waals surface area contributed by atoms with Crippen LogP contribution in [0.3, 0.4) is 0 Å². The van der Waals surface area contributed by atoms with Crippen molar-refractivity contribution in [1.29, 1.82) is 0 Å². The second kappa shape index (κ2) is 5.79. The van der Waals surface area contributed by atoms with Crippen molar-refractivity contribution in [3.63, 3.8) is 0 Å². The molecule has 5 nitrogen and oxygen atoms in total. The van der Waals surface area contributed by atoms with Crippen LogP contribution in [0.2, 0.25) is 0 Å². The molecule has 1 aromatic heterocycles. The molecule has 0 radical (unpaired) electrons. The zero-order chi connectivity index (χ0) is 14.8. The number of halogens is 1. The Balaban J connectivity index is 1.86. The molecular formula is C15H20FN5. The molecule has 1 fully saturated rings. The van der Waals surface area contributed by atoms with Crippen LogP contribution < -0.4 is 5.73 Å². The highest BCUT2D eigenvalue weighted by atomic mass is 19.1. The topological polar surface area (TPSA) is 69.6 Å². The third-order valence-corrected chi connectivity index (χ3v) is 4.48. The average molecular weight is 289 g/mol. The Morgan fingerprint density at radius 1 is 1.33 bits per heavy atom. The van der Waals surface area contributed by atoms with Gasteiger partial charge in [0.25, 0.3) is 0 Å². The Morgan fingerprint density at radius 2 is 2.14 bits per heavy atom. The molecule has 21 heavy (non-hydrogen) atoms. The van der Waals surface area contributed by atoms with Crippen molar-refractivity contribution < 1.29 is 4.39 Å². The van der Waals surface area contributed by atoms with Gasteiger partial charge in [0.15, 0.2) is 5.82 Å². The molecule has 1 aliphatic carbocycles. The molecule has 2 N–H and O–H groups in total. The molecule has 112 valence electrons. The van der Waals surface area contributed by atoms with Crippen molar-refractivity contribution in [2.45, 2.75) is 39.2 Å². The molecule has 1 saturated carbocycles. The second-order valence-electron chi connectivity index (χ2n) is 5.94. The number of anilines is 1. The van der Waals surface area contributed by atoms with E-state index in [0.717, 1.165) is 6.54 Å². The van der Waals surface area contributed by atoms with Crippen molar-refractivity contribution in [3.05, 3.63) is 24.0 Å². The molecule has 2 unspecified atom stereocenters. The Kier molecular flexibility index (Phi) is 3.86. The van der Waals surface area contributed by atoms with Crippen LogP contribution in [0.25, 0.3) is 11.4 Å². The summed E-state index contributed by atoms with van der Waals surface area (Å²) in [6, 6.07) is 4.32. The van der Waals surface area contributed by atoms with Gasteiger partial charge < -0.3 is 5.73 Å². The first-order chi connectivity index (χ1) is 10.1. The smallest absolute Gasteiger partial charge is 0.184 e. The van der Waals surface area contributed by atoms with E-state index < -0.39 is 0 Å². The van der Waals surface area contributed by atoms with E-state index in [1.807, 2.05) is 0 Å². The second-order valence-corrected chi connectivity index (χ2v) is 5.94. The summed E-state index contributed by atoms with van der Waals surface area (Å²) >= 11 is 0. The fourth-order valence-electron chi connectivity index (χ4n) is 3.14. The van der Waals surface area contributed by atoms with Gasteiger partial charge in [-0.1, -0.05) is 26.2 Å². The normalized spacial score (nSPS) is 22.4. The predicted octanol–water partition coefficient (Wildman–Crippen LogP) is 2.89. The number of nitrogen functional groups attached to an aromatic ring is 1. The molecule has 0 saturated heterocycles. The monoisotopic (exact) mass is 289 g/mol. The highest BCUT2D eigenvalue weighted by molar-refractivity contribution is 5.71. The summed E-state index contributed by atoms with van der Waals surface area (Å²) in [5, 5.41) is 11.9. The van der Waals surface area contributed by atoms with E-state index in [4.69, 9.17) is 5.73 Å². The summed E-state index contributed by atoms with van der Waals surface area (Å²) in [4.78, 5) is 0. The standard InChI is InChI=1S/C15H20FN5/c1-10-4-2-3-5-11(10)9-21-15(18-19-20-21)13-7-6-12(16)8-14(13)17/h6-8,10-11H,2-5,9,17H2,1H3. The molecule has 1 aliphatic rings. The lowest BCUT2D eigenvalue weighted by molar-refractivity contribution is 0.221. The van der Waals surface area contributed by atoms with Crippen LogP contribution in [0.15, 0.2) is 18.2 Å². The van der Waals surface area contributed by atoms with Gasteiger partial charge >= 0.3 is 0 Å². The lowest BCUT2D eigenvalue weighted by Gasteiger charge is -2.28. The zero-order valence-corrected chi connectivity index (χ0v) is 12.2. The van der Waals surface area contributed by atoms with Gasteiger partial charge in [0.2, 0.25) is 0 Å². The van der Waals surface area contributed by atoms with Gasteiger partial charge in [-0.05, 0) is 46.9 Å². The number of tetrazole rings is 1. The van der Waals surface area contributed by atoms with Crippen LogP contribution in [-0.4, -0.2) is 20.2 Å². The lowest BCUT2D eigenvalue weighted by Crippen LogP contribution is -2.23. The van der Waals surface area contributed by atoms with E-state index in [-0.39, 0.29) is 5.82 Å². The molecule has 1 heterocycles. The van der Waals surface area contributed by atoms with Crippen molar-refractivity contribution in [2.75, 3.05) is 5.73 Å². The maximum atomic E-state index is 13.2. The zero-order valence-electron chi connectivity index (χ0n) is 12.2. The van der Waals surface area contributed by atoms with E-state index >= 15 is 0 Å². The van der Waals surface area contributed by atoms with Crippen LogP contribution in [0.5, 0.6) is 0 Å². The molecule has 6 heteroatoms.